The molecule has 0 aliphatic carbocycles. The molecule has 0 radical (unpaired) electrons. The van der Waals surface area contributed by atoms with E-state index in [1.165, 1.54) is 0 Å². The zero-order valence-electron chi connectivity index (χ0n) is 24.9. The fraction of sp³-hybridized carbons (Fsp3) is 0.515. The maximum Gasteiger partial charge on any atom is 0.329 e. The van der Waals surface area contributed by atoms with Crippen LogP contribution in [0.4, 0.5) is 0 Å². The molecule has 0 saturated carbocycles. The van der Waals surface area contributed by atoms with E-state index in [-0.39, 0.29) is 18.3 Å². The number of unbranched alkanes of at least 4 members (excludes halogenated alkanes) is 1. The monoisotopic (exact) mass is 563 g/mol. The van der Waals surface area contributed by atoms with Crippen molar-refractivity contribution in [1.29, 1.82) is 0 Å². The van der Waals surface area contributed by atoms with Crippen LogP contribution < -0.4 is 16.0 Å². The smallest absolute Gasteiger partial charge is 0.329 e. The lowest BCUT2D eigenvalue weighted by molar-refractivity contribution is -0.158. The van der Waals surface area contributed by atoms with Crippen molar-refractivity contribution in [2.45, 2.75) is 96.9 Å². The topological polar surface area (TPSA) is 114 Å². The molecule has 8 nitrogen and oxygen atoms in total. The molecule has 2 aromatic rings. The lowest BCUT2D eigenvalue weighted by Crippen LogP contribution is -2.56. The van der Waals surface area contributed by atoms with Crippen LogP contribution in [0.1, 0.15) is 83.8 Å². The average Bonchev–Trinajstić information content (AvgIpc) is 2.98. The first-order valence-corrected chi connectivity index (χ1v) is 14.9. The number of rotatable bonds is 9. The molecule has 3 N–H and O–H groups in total. The van der Waals surface area contributed by atoms with E-state index >= 15 is 0 Å². The third kappa shape index (κ3) is 8.65. The number of cyclic esters (lactones) is 1. The molecule has 6 atom stereocenters. The number of benzene rings is 2. The lowest BCUT2D eigenvalue weighted by Gasteiger charge is -2.30. The van der Waals surface area contributed by atoms with Gasteiger partial charge in [-0.25, -0.2) is 4.79 Å². The predicted octanol–water partition coefficient (Wildman–Crippen LogP) is 4.48. The van der Waals surface area contributed by atoms with Gasteiger partial charge in [0.2, 0.25) is 17.7 Å². The summed E-state index contributed by atoms with van der Waals surface area (Å²) in [6, 6.07) is 16.2. The van der Waals surface area contributed by atoms with Crippen LogP contribution in [0.5, 0.6) is 0 Å². The van der Waals surface area contributed by atoms with Crippen LogP contribution in [0, 0.1) is 11.8 Å². The molecule has 0 bridgehead atoms. The number of carbonyl (C=O) groups excluding carboxylic acids is 4. The number of nitrogens with one attached hydrogen (secondary N) is 3. The second-order valence-corrected chi connectivity index (χ2v) is 11.2. The highest BCUT2D eigenvalue weighted by Crippen LogP contribution is 2.29. The van der Waals surface area contributed by atoms with Crippen molar-refractivity contribution in [2.75, 3.05) is 0 Å². The zero-order chi connectivity index (χ0) is 29.9. The molecule has 1 aliphatic heterocycles. The first kappa shape index (κ1) is 31.8. The molecule has 0 aromatic heterocycles. The summed E-state index contributed by atoms with van der Waals surface area (Å²) in [4.78, 5) is 54.2. The van der Waals surface area contributed by atoms with E-state index in [0.717, 1.165) is 30.4 Å². The van der Waals surface area contributed by atoms with Gasteiger partial charge < -0.3 is 20.7 Å². The maximum absolute atomic E-state index is 13.9. The van der Waals surface area contributed by atoms with E-state index in [0.29, 0.717) is 6.42 Å². The van der Waals surface area contributed by atoms with Crippen LogP contribution in [0.3, 0.4) is 0 Å². The maximum atomic E-state index is 13.9. The Bertz CT molecular complexity index is 1120. The summed E-state index contributed by atoms with van der Waals surface area (Å²) in [5.41, 5.74) is 1.69. The van der Waals surface area contributed by atoms with E-state index in [1.807, 2.05) is 81.4 Å². The molecule has 1 saturated heterocycles. The van der Waals surface area contributed by atoms with Gasteiger partial charge in [0.1, 0.15) is 24.2 Å². The van der Waals surface area contributed by atoms with Gasteiger partial charge in [0.25, 0.3) is 0 Å². The van der Waals surface area contributed by atoms with E-state index in [9.17, 15) is 19.2 Å². The van der Waals surface area contributed by atoms with Crippen molar-refractivity contribution >= 4 is 23.7 Å². The van der Waals surface area contributed by atoms with Gasteiger partial charge in [-0.1, -0.05) is 108 Å². The van der Waals surface area contributed by atoms with Gasteiger partial charge in [-0.15, -0.1) is 0 Å². The van der Waals surface area contributed by atoms with Gasteiger partial charge in [0, 0.05) is 5.92 Å². The van der Waals surface area contributed by atoms with Gasteiger partial charge >= 0.3 is 5.97 Å². The van der Waals surface area contributed by atoms with Crippen LogP contribution in [0.15, 0.2) is 60.7 Å². The fourth-order valence-electron chi connectivity index (χ4n) is 5.22. The standard InChI is InChI=1S/C33H45N3O5/c1-6-8-15-22(4)26-20-27(37)35-30(28(24-16-11-9-12-17-24)25-18-13-10-14-19-25)32(39)34-23(5)31(38)36-29(21(3)7-2)33(40)41-26/h9-14,16-19,21-23,26,28-30H,6-8,15,20H2,1-5H3,(H,34,39)(H,35,37)(H,36,38)/t21-,22-,23+,26-,29+,30-/m0/s1. The van der Waals surface area contributed by atoms with Crippen molar-refractivity contribution in [3.63, 3.8) is 0 Å². The SMILES string of the molecule is CCCC[C@H](C)[C@@H]1CC(=O)N[C@@H](C(c2ccccc2)c2ccccc2)C(=O)N[C@H](C)C(=O)N[C@H]([C@@H](C)CC)C(=O)O1. The van der Waals surface area contributed by atoms with Crippen molar-refractivity contribution in [3.8, 4) is 0 Å². The normalized spacial score (nSPS) is 24.0. The number of esters is 1. The summed E-state index contributed by atoms with van der Waals surface area (Å²) in [6.45, 7) is 9.43. The molecule has 222 valence electrons. The van der Waals surface area contributed by atoms with Crippen LogP contribution >= 0.6 is 0 Å². The van der Waals surface area contributed by atoms with Crippen LogP contribution in [-0.2, 0) is 23.9 Å². The van der Waals surface area contributed by atoms with Crippen molar-refractivity contribution in [1.82, 2.24) is 16.0 Å². The largest absolute Gasteiger partial charge is 0.460 e. The molecule has 1 aliphatic rings. The van der Waals surface area contributed by atoms with Gasteiger partial charge in [0.05, 0.1) is 6.42 Å². The number of ether oxygens (including phenoxy) is 1. The molecule has 8 heteroatoms. The minimum absolute atomic E-state index is 0.0895. The Hall–Kier alpha value is -3.68. The first-order valence-electron chi connectivity index (χ1n) is 14.9. The average molecular weight is 564 g/mol. The Labute approximate surface area is 244 Å². The Morgan fingerprint density at radius 2 is 1.37 bits per heavy atom. The summed E-state index contributed by atoms with van der Waals surface area (Å²) in [6.07, 6.45) is 2.52. The minimum atomic E-state index is -1.02. The van der Waals surface area contributed by atoms with Gasteiger partial charge in [0.15, 0.2) is 0 Å². The van der Waals surface area contributed by atoms with Crippen molar-refractivity contribution in [2.24, 2.45) is 11.8 Å². The number of carbonyl (C=O) groups is 4. The highest BCUT2D eigenvalue weighted by molar-refractivity contribution is 5.94. The van der Waals surface area contributed by atoms with Crippen molar-refractivity contribution in [3.05, 3.63) is 71.8 Å². The minimum Gasteiger partial charge on any atom is -0.460 e. The quantitative estimate of drug-likeness (QED) is 0.390. The van der Waals surface area contributed by atoms with Crippen LogP contribution in [0.25, 0.3) is 0 Å². The molecule has 0 unspecified atom stereocenters. The fourth-order valence-corrected chi connectivity index (χ4v) is 5.22. The second-order valence-electron chi connectivity index (χ2n) is 11.2. The van der Waals surface area contributed by atoms with E-state index < -0.39 is 53.8 Å². The van der Waals surface area contributed by atoms with Gasteiger partial charge in [-0.2, -0.15) is 0 Å². The molecule has 1 heterocycles. The number of hydrogen-bond donors (Lipinski definition) is 3. The van der Waals surface area contributed by atoms with Crippen molar-refractivity contribution < 1.29 is 23.9 Å². The summed E-state index contributed by atoms with van der Waals surface area (Å²) >= 11 is 0. The Morgan fingerprint density at radius 1 is 0.780 bits per heavy atom. The van der Waals surface area contributed by atoms with E-state index in [4.69, 9.17) is 4.74 Å². The molecule has 2 aromatic carbocycles. The summed E-state index contributed by atoms with van der Waals surface area (Å²) < 4.78 is 5.98. The summed E-state index contributed by atoms with van der Waals surface area (Å²) in [7, 11) is 0. The molecule has 0 spiro atoms. The molecule has 41 heavy (non-hydrogen) atoms. The predicted molar refractivity (Wildman–Crippen MR) is 159 cm³/mol. The lowest BCUT2D eigenvalue weighted by atomic mass is 9.84. The Balaban J connectivity index is 2.06. The first-order chi connectivity index (χ1) is 19.7. The van der Waals surface area contributed by atoms with E-state index in [2.05, 4.69) is 22.9 Å². The third-order valence-corrected chi connectivity index (χ3v) is 8.07. The zero-order valence-corrected chi connectivity index (χ0v) is 24.9. The molecular formula is C33H45N3O5. The highest BCUT2D eigenvalue weighted by atomic mass is 16.5. The number of hydrogen-bond acceptors (Lipinski definition) is 5. The highest BCUT2D eigenvalue weighted by Gasteiger charge is 2.38. The molecular weight excluding hydrogens is 518 g/mol. The van der Waals surface area contributed by atoms with E-state index in [1.54, 1.807) is 6.92 Å². The van der Waals surface area contributed by atoms with Crippen LogP contribution in [-0.4, -0.2) is 47.9 Å². The molecule has 1 fully saturated rings. The second kappa shape index (κ2) is 15.4. The third-order valence-electron chi connectivity index (χ3n) is 8.07. The van der Waals surface area contributed by atoms with Gasteiger partial charge in [-0.3, -0.25) is 14.4 Å². The summed E-state index contributed by atoms with van der Waals surface area (Å²) in [5.74, 6) is -2.74. The van der Waals surface area contributed by atoms with Gasteiger partial charge in [-0.05, 0) is 36.3 Å². The van der Waals surface area contributed by atoms with Crippen LogP contribution in [0.2, 0.25) is 0 Å². The Morgan fingerprint density at radius 3 is 1.90 bits per heavy atom. The summed E-state index contributed by atoms with van der Waals surface area (Å²) in [5, 5.41) is 8.57. The molecule has 3 rings (SSSR count). The Kier molecular flexibility index (Phi) is 11.9. The number of amides is 3. The molecule has 3 amide bonds.